The van der Waals surface area contributed by atoms with Crippen LogP contribution in [0.3, 0.4) is 0 Å². The number of hydrogen-bond donors (Lipinski definition) is 1. The van der Waals surface area contributed by atoms with E-state index in [1.165, 1.54) is 22.9 Å². The fraction of sp³-hybridized carbons (Fsp3) is 0.429. The summed E-state index contributed by atoms with van der Waals surface area (Å²) in [6.45, 7) is 11.2. The van der Waals surface area contributed by atoms with Crippen LogP contribution in [0.4, 0.5) is 5.69 Å². The van der Waals surface area contributed by atoms with Crippen LogP contribution in [0, 0.1) is 5.92 Å². The number of anilines is 1. The molecule has 1 amide bonds. The second-order valence-corrected chi connectivity index (χ2v) is 12.8. The van der Waals surface area contributed by atoms with Crippen LogP contribution in [0.25, 0.3) is 20.4 Å². The summed E-state index contributed by atoms with van der Waals surface area (Å²) >= 11 is 3.05. The Morgan fingerprint density at radius 3 is 2.76 bits per heavy atom. The van der Waals surface area contributed by atoms with Crippen LogP contribution in [-0.2, 0) is 29.0 Å². The van der Waals surface area contributed by atoms with Gasteiger partial charge in [0.2, 0.25) is 5.91 Å². The third-order valence-electron chi connectivity index (χ3n) is 6.51. The van der Waals surface area contributed by atoms with Gasteiger partial charge in [-0.2, -0.15) is 0 Å². The van der Waals surface area contributed by atoms with Crippen molar-refractivity contribution < 1.29 is 14.3 Å². The van der Waals surface area contributed by atoms with Crippen molar-refractivity contribution in [3.63, 3.8) is 0 Å². The van der Waals surface area contributed by atoms with E-state index in [4.69, 9.17) is 19.4 Å². The predicted molar refractivity (Wildman–Crippen MR) is 151 cm³/mol. The molecule has 0 saturated carbocycles. The number of para-hydroxylation sites is 2. The number of benzene rings is 1. The second-order valence-electron chi connectivity index (χ2n) is 10.4. The lowest BCUT2D eigenvalue weighted by atomic mass is 9.88. The van der Waals surface area contributed by atoms with Gasteiger partial charge in [-0.15, -0.1) is 11.3 Å². The molecule has 9 heteroatoms. The molecule has 0 unspecified atom stereocenters. The molecule has 1 aliphatic heterocycles. The summed E-state index contributed by atoms with van der Waals surface area (Å²) in [5.74, 6) is 1.00. The van der Waals surface area contributed by atoms with Gasteiger partial charge in [0.05, 0.1) is 40.5 Å². The van der Waals surface area contributed by atoms with Crippen molar-refractivity contribution in [2.24, 2.45) is 5.92 Å². The number of hydrogen-bond acceptors (Lipinski definition) is 8. The topological polar surface area (TPSA) is 86.2 Å². The minimum atomic E-state index is -0.376. The van der Waals surface area contributed by atoms with Crippen molar-refractivity contribution in [2.45, 2.75) is 69.9 Å². The molecule has 0 bridgehead atoms. The smallest absolute Gasteiger partial charge is 0.237 e. The molecule has 0 saturated heterocycles. The first kappa shape index (κ1) is 25.9. The van der Waals surface area contributed by atoms with Gasteiger partial charge in [0.25, 0.3) is 0 Å². The van der Waals surface area contributed by atoms with Gasteiger partial charge in [-0.3, -0.25) is 4.79 Å². The van der Waals surface area contributed by atoms with Gasteiger partial charge in [0.15, 0.2) is 0 Å². The molecule has 194 valence electrons. The maximum Gasteiger partial charge on any atom is 0.237 e. The average molecular weight is 537 g/mol. The molecule has 0 spiro atoms. The first-order chi connectivity index (χ1) is 17.7. The van der Waals surface area contributed by atoms with Crippen LogP contribution < -0.4 is 10.1 Å². The van der Waals surface area contributed by atoms with E-state index >= 15 is 0 Å². The normalized spacial score (nSPS) is 15.6. The highest BCUT2D eigenvalue weighted by Gasteiger charge is 2.32. The lowest BCUT2D eigenvalue weighted by Gasteiger charge is -2.33. The summed E-state index contributed by atoms with van der Waals surface area (Å²) in [6.07, 6.45) is 3.31. The lowest BCUT2D eigenvalue weighted by Crippen LogP contribution is -2.33. The van der Waals surface area contributed by atoms with Crippen LogP contribution in [0.15, 0.2) is 35.6 Å². The molecule has 7 nitrogen and oxygen atoms in total. The van der Waals surface area contributed by atoms with Crippen molar-refractivity contribution in [3.8, 4) is 5.75 Å². The van der Waals surface area contributed by atoms with Gasteiger partial charge in [-0.05, 0) is 50.8 Å². The maximum atomic E-state index is 13.0. The van der Waals surface area contributed by atoms with Crippen LogP contribution in [0.5, 0.6) is 5.75 Å². The number of thiophene rings is 1. The Labute approximate surface area is 225 Å². The molecular formula is C28H32N4O3S2. The Morgan fingerprint density at radius 1 is 1.22 bits per heavy atom. The third kappa shape index (κ3) is 5.17. The molecule has 1 aliphatic rings. The lowest BCUT2D eigenvalue weighted by molar-refractivity contribution is -0.115. The Balaban J connectivity index is 1.53. The van der Waals surface area contributed by atoms with E-state index in [1.54, 1.807) is 24.8 Å². The minimum absolute atomic E-state index is 0.115. The van der Waals surface area contributed by atoms with E-state index in [0.717, 1.165) is 44.0 Å². The van der Waals surface area contributed by atoms with Crippen molar-refractivity contribution in [2.75, 3.05) is 12.4 Å². The molecule has 1 aromatic carbocycles. The number of carbonyl (C=O) groups excluding carboxylic acids is 1. The van der Waals surface area contributed by atoms with Gasteiger partial charge < -0.3 is 14.8 Å². The number of ether oxygens (including phenoxy) is 2. The fourth-order valence-electron chi connectivity index (χ4n) is 4.70. The van der Waals surface area contributed by atoms with E-state index in [0.29, 0.717) is 24.0 Å². The zero-order chi connectivity index (χ0) is 26.3. The van der Waals surface area contributed by atoms with Gasteiger partial charge in [-0.1, -0.05) is 37.7 Å². The van der Waals surface area contributed by atoms with Gasteiger partial charge in [0, 0.05) is 23.1 Å². The Morgan fingerprint density at radius 2 is 2.00 bits per heavy atom. The SMILES string of the molecule is COc1ccccc1NC(=O)[C@@H](C)Sc1ncnc2c1sc1nc(CC(C)C)c3c(c12)CC(C)(C)OC3. The summed E-state index contributed by atoms with van der Waals surface area (Å²) in [6, 6.07) is 7.40. The van der Waals surface area contributed by atoms with Crippen LogP contribution in [0.1, 0.15) is 51.4 Å². The van der Waals surface area contributed by atoms with E-state index in [2.05, 4.69) is 38.0 Å². The number of nitrogens with zero attached hydrogens (tertiary/aromatic N) is 3. The number of nitrogens with one attached hydrogen (secondary N) is 1. The molecule has 4 aromatic rings. The Kier molecular flexibility index (Phi) is 7.13. The molecule has 1 atom stereocenters. The highest BCUT2D eigenvalue weighted by Crippen LogP contribution is 2.43. The summed E-state index contributed by atoms with van der Waals surface area (Å²) < 4.78 is 12.5. The predicted octanol–water partition coefficient (Wildman–Crippen LogP) is 6.42. The zero-order valence-electron chi connectivity index (χ0n) is 22.0. The van der Waals surface area contributed by atoms with E-state index in [9.17, 15) is 4.79 Å². The molecule has 0 fully saturated rings. The fourth-order valence-corrected chi connectivity index (χ4v) is 6.84. The number of pyridine rings is 1. The quantitative estimate of drug-likeness (QED) is 0.215. The minimum Gasteiger partial charge on any atom is -0.495 e. The number of rotatable bonds is 7. The first-order valence-electron chi connectivity index (χ1n) is 12.5. The van der Waals surface area contributed by atoms with Crippen molar-refractivity contribution >= 4 is 55.1 Å². The number of thioether (sulfide) groups is 1. The second kappa shape index (κ2) is 10.2. The highest BCUT2D eigenvalue weighted by atomic mass is 32.2. The van der Waals surface area contributed by atoms with Crippen molar-refractivity contribution in [1.29, 1.82) is 0 Å². The molecule has 4 heterocycles. The Hall–Kier alpha value is -2.75. The molecule has 3 aromatic heterocycles. The number of methoxy groups -OCH3 is 1. The van der Waals surface area contributed by atoms with Gasteiger partial charge in [-0.25, -0.2) is 15.0 Å². The van der Waals surface area contributed by atoms with Crippen LogP contribution >= 0.6 is 23.1 Å². The number of fused-ring (bicyclic) bond motifs is 5. The molecular weight excluding hydrogens is 504 g/mol. The van der Waals surface area contributed by atoms with Crippen molar-refractivity contribution in [1.82, 2.24) is 15.0 Å². The molecule has 37 heavy (non-hydrogen) atoms. The largest absolute Gasteiger partial charge is 0.495 e. The number of aromatic nitrogens is 3. The zero-order valence-corrected chi connectivity index (χ0v) is 23.7. The molecule has 5 rings (SSSR count). The first-order valence-corrected chi connectivity index (χ1v) is 14.2. The Bertz CT molecular complexity index is 1480. The van der Waals surface area contributed by atoms with Crippen molar-refractivity contribution in [3.05, 3.63) is 47.4 Å². The van der Waals surface area contributed by atoms with Gasteiger partial charge in [0.1, 0.15) is 21.9 Å². The maximum absolute atomic E-state index is 13.0. The molecule has 0 aliphatic carbocycles. The average Bonchev–Trinajstić information content (AvgIpc) is 3.23. The van der Waals surface area contributed by atoms with E-state index in [1.807, 2.05) is 31.2 Å². The summed E-state index contributed by atoms with van der Waals surface area (Å²) in [5, 5.41) is 4.50. The summed E-state index contributed by atoms with van der Waals surface area (Å²) in [5.41, 5.74) is 4.92. The van der Waals surface area contributed by atoms with Gasteiger partial charge >= 0.3 is 0 Å². The standard InChI is InChI=1S/C28H32N4O3S2/c1-15(2)11-20-18-13-35-28(4,5)12-17(18)22-23-24(37-26(22)32-20)27(30-14-29-23)36-16(3)25(33)31-19-9-7-8-10-21(19)34-6/h7-10,14-16H,11-13H2,1-6H3,(H,31,33)/t16-/m1/s1. The summed E-state index contributed by atoms with van der Waals surface area (Å²) in [7, 11) is 1.59. The number of amides is 1. The number of carbonyl (C=O) groups is 1. The molecule has 0 radical (unpaired) electrons. The molecule has 1 N–H and O–H groups in total. The highest BCUT2D eigenvalue weighted by molar-refractivity contribution is 8.00. The van der Waals surface area contributed by atoms with Crippen LogP contribution in [-0.4, -0.2) is 38.8 Å². The third-order valence-corrected chi connectivity index (χ3v) is 8.81. The van der Waals surface area contributed by atoms with E-state index < -0.39 is 0 Å². The summed E-state index contributed by atoms with van der Waals surface area (Å²) in [4.78, 5) is 28.4. The van der Waals surface area contributed by atoms with E-state index in [-0.39, 0.29) is 16.8 Å². The monoisotopic (exact) mass is 536 g/mol. The van der Waals surface area contributed by atoms with Crippen LogP contribution in [0.2, 0.25) is 0 Å².